The SMILES string of the molecule is C=COC(=O)/C=C\C(=O)OC=C.[NaH]. The molecule has 0 aliphatic rings. The predicted octanol–water partition coefficient (Wildman–Crippen LogP) is 0.267. The molecule has 5 heteroatoms. The number of hydrogen-bond donors (Lipinski definition) is 0. The van der Waals surface area contributed by atoms with Gasteiger partial charge in [0, 0.05) is 12.2 Å². The molecule has 0 saturated heterocycles. The molecule has 0 aromatic heterocycles. The number of esters is 2. The van der Waals surface area contributed by atoms with Gasteiger partial charge in [0.25, 0.3) is 0 Å². The Morgan fingerprint density at radius 1 is 0.923 bits per heavy atom. The maximum absolute atomic E-state index is 10.5. The van der Waals surface area contributed by atoms with Crippen molar-refractivity contribution in [2.75, 3.05) is 0 Å². The zero-order valence-electron chi connectivity index (χ0n) is 6.36. The zero-order chi connectivity index (χ0) is 9.40. The van der Waals surface area contributed by atoms with Crippen LogP contribution in [0.1, 0.15) is 0 Å². The molecule has 0 saturated carbocycles. The number of carbonyl (C=O) groups is 2. The summed E-state index contributed by atoms with van der Waals surface area (Å²) in [5, 5.41) is 0. The van der Waals surface area contributed by atoms with E-state index < -0.39 is 11.9 Å². The molecule has 0 radical (unpaired) electrons. The van der Waals surface area contributed by atoms with Crippen LogP contribution in [0.2, 0.25) is 0 Å². The number of hydrogen-bond acceptors (Lipinski definition) is 4. The van der Waals surface area contributed by atoms with Crippen LogP contribution in [0, 0.1) is 0 Å². The van der Waals surface area contributed by atoms with Gasteiger partial charge >= 0.3 is 41.5 Å². The Hall–Kier alpha value is -0.840. The van der Waals surface area contributed by atoms with Crippen molar-refractivity contribution in [3.05, 3.63) is 37.8 Å². The minimum absolute atomic E-state index is 0. The molecule has 4 nitrogen and oxygen atoms in total. The van der Waals surface area contributed by atoms with Gasteiger partial charge in [-0.25, -0.2) is 9.59 Å². The van der Waals surface area contributed by atoms with Crippen LogP contribution < -0.4 is 0 Å². The Morgan fingerprint density at radius 2 is 1.23 bits per heavy atom. The van der Waals surface area contributed by atoms with Crippen molar-refractivity contribution in [2.24, 2.45) is 0 Å². The van der Waals surface area contributed by atoms with Crippen LogP contribution in [0.5, 0.6) is 0 Å². The third-order valence-electron chi connectivity index (χ3n) is 0.754. The van der Waals surface area contributed by atoms with Gasteiger partial charge in [-0.3, -0.25) is 0 Å². The average Bonchev–Trinajstić information content (AvgIpc) is 2.02. The van der Waals surface area contributed by atoms with Crippen molar-refractivity contribution in [3.8, 4) is 0 Å². The first-order valence-corrected chi connectivity index (χ1v) is 3.02. The normalized spacial score (nSPS) is 8.31. The summed E-state index contributed by atoms with van der Waals surface area (Å²) < 4.78 is 8.55. The summed E-state index contributed by atoms with van der Waals surface area (Å²) in [6.07, 6.45) is 3.78. The molecule has 66 valence electrons. The van der Waals surface area contributed by atoms with E-state index in [1.807, 2.05) is 0 Å². The quantitative estimate of drug-likeness (QED) is 0.277. The van der Waals surface area contributed by atoms with Gasteiger partial charge in [-0.15, -0.1) is 0 Å². The number of ether oxygens (including phenoxy) is 2. The molecule has 0 aliphatic carbocycles. The third-order valence-corrected chi connectivity index (χ3v) is 0.754. The second-order valence-electron chi connectivity index (χ2n) is 1.54. The van der Waals surface area contributed by atoms with Gasteiger partial charge in [-0.2, -0.15) is 0 Å². The predicted molar refractivity (Wildman–Crippen MR) is 48.9 cm³/mol. The molecular formula is C8H9NaO4. The van der Waals surface area contributed by atoms with Crippen molar-refractivity contribution >= 4 is 41.5 Å². The summed E-state index contributed by atoms with van der Waals surface area (Å²) in [4.78, 5) is 21.1. The summed E-state index contributed by atoms with van der Waals surface area (Å²) in [5.41, 5.74) is 0. The van der Waals surface area contributed by atoms with Crippen LogP contribution in [-0.2, 0) is 19.1 Å². The summed E-state index contributed by atoms with van der Waals surface area (Å²) in [6.45, 7) is 6.31. The summed E-state index contributed by atoms with van der Waals surface area (Å²) >= 11 is 0. The first-order chi connectivity index (χ1) is 5.70. The van der Waals surface area contributed by atoms with E-state index in [0.29, 0.717) is 0 Å². The van der Waals surface area contributed by atoms with Gasteiger partial charge in [0.2, 0.25) is 0 Å². The molecule has 0 amide bonds. The molecule has 0 aromatic carbocycles. The number of rotatable bonds is 4. The van der Waals surface area contributed by atoms with Crippen LogP contribution >= 0.6 is 0 Å². The molecule has 0 spiro atoms. The van der Waals surface area contributed by atoms with Crippen LogP contribution in [0.25, 0.3) is 0 Å². The Bertz CT molecular complexity index is 208. The van der Waals surface area contributed by atoms with Crippen LogP contribution in [0.15, 0.2) is 37.8 Å². The maximum atomic E-state index is 10.5. The first kappa shape index (κ1) is 14.7. The molecule has 0 atom stereocenters. The third kappa shape index (κ3) is 9.07. The van der Waals surface area contributed by atoms with E-state index in [0.717, 1.165) is 24.7 Å². The molecule has 13 heavy (non-hydrogen) atoms. The van der Waals surface area contributed by atoms with E-state index in [2.05, 4.69) is 22.6 Å². The van der Waals surface area contributed by atoms with E-state index in [1.165, 1.54) is 0 Å². The Kier molecular flexibility index (Phi) is 10.4. The van der Waals surface area contributed by atoms with Gasteiger partial charge in [0.15, 0.2) is 0 Å². The molecule has 0 N–H and O–H groups in total. The molecule has 0 heterocycles. The Balaban J connectivity index is 0. The Morgan fingerprint density at radius 3 is 1.46 bits per heavy atom. The van der Waals surface area contributed by atoms with Crippen molar-refractivity contribution in [3.63, 3.8) is 0 Å². The molecule has 0 rings (SSSR count). The molecule has 0 bridgehead atoms. The van der Waals surface area contributed by atoms with Crippen molar-refractivity contribution < 1.29 is 19.1 Å². The molecule has 0 aromatic rings. The summed E-state index contributed by atoms with van der Waals surface area (Å²) in [7, 11) is 0. The van der Waals surface area contributed by atoms with Gasteiger partial charge < -0.3 is 9.47 Å². The molecule has 0 unspecified atom stereocenters. The topological polar surface area (TPSA) is 52.6 Å². The first-order valence-electron chi connectivity index (χ1n) is 3.02. The van der Waals surface area contributed by atoms with Crippen molar-refractivity contribution in [1.29, 1.82) is 0 Å². The average molecular weight is 192 g/mol. The van der Waals surface area contributed by atoms with E-state index in [9.17, 15) is 9.59 Å². The van der Waals surface area contributed by atoms with Gasteiger partial charge in [-0.1, -0.05) is 13.2 Å². The molecule has 0 aliphatic heterocycles. The summed E-state index contributed by atoms with van der Waals surface area (Å²) in [5.74, 6) is -1.38. The second kappa shape index (κ2) is 9.25. The Labute approximate surface area is 98.2 Å². The van der Waals surface area contributed by atoms with E-state index >= 15 is 0 Å². The van der Waals surface area contributed by atoms with Crippen LogP contribution in [-0.4, -0.2) is 41.5 Å². The monoisotopic (exact) mass is 192 g/mol. The fraction of sp³-hybridized carbons (Fsp3) is 0. The van der Waals surface area contributed by atoms with Crippen LogP contribution in [0.3, 0.4) is 0 Å². The van der Waals surface area contributed by atoms with Crippen LogP contribution in [0.4, 0.5) is 0 Å². The van der Waals surface area contributed by atoms with E-state index in [4.69, 9.17) is 0 Å². The second-order valence-corrected chi connectivity index (χ2v) is 1.54. The van der Waals surface area contributed by atoms with E-state index in [1.54, 1.807) is 0 Å². The molecule has 0 fully saturated rings. The van der Waals surface area contributed by atoms with Crippen molar-refractivity contribution in [2.45, 2.75) is 0 Å². The van der Waals surface area contributed by atoms with Crippen molar-refractivity contribution in [1.82, 2.24) is 0 Å². The summed E-state index contributed by atoms with van der Waals surface area (Å²) in [6, 6.07) is 0. The van der Waals surface area contributed by atoms with E-state index in [-0.39, 0.29) is 29.6 Å². The standard InChI is InChI=1S/C8H8O4.Na.H/c1-3-11-7(9)5-6-8(10)12-4-2;;/h3-6H,1-2H2;;/b6-5-;;. The zero-order valence-corrected chi connectivity index (χ0v) is 6.36. The molecular weight excluding hydrogens is 183 g/mol. The number of carbonyl (C=O) groups excluding carboxylic acids is 2. The van der Waals surface area contributed by atoms with Gasteiger partial charge in [0.05, 0.1) is 12.5 Å². The van der Waals surface area contributed by atoms with Gasteiger partial charge in [-0.05, 0) is 0 Å². The fourth-order valence-corrected chi connectivity index (χ4v) is 0.379. The fourth-order valence-electron chi connectivity index (χ4n) is 0.379. The minimum atomic E-state index is -0.689. The van der Waals surface area contributed by atoms with Gasteiger partial charge in [0.1, 0.15) is 0 Å².